The molecule has 2 aromatic rings. The molecule has 162 valence electrons. The predicted octanol–water partition coefficient (Wildman–Crippen LogP) is 3.05. The molecule has 2 aromatic carbocycles. The van der Waals surface area contributed by atoms with Gasteiger partial charge in [0, 0.05) is 50.5 Å². The van der Waals surface area contributed by atoms with Crippen LogP contribution in [0.15, 0.2) is 54.6 Å². The van der Waals surface area contributed by atoms with Crippen molar-refractivity contribution in [1.29, 1.82) is 0 Å². The van der Waals surface area contributed by atoms with Gasteiger partial charge in [-0.25, -0.2) is 0 Å². The second-order valence-electron chi connectivity index (χ2n) is 7.87. The lowest BCUT2D eigenvalue weighted by molar-refractivity contribution is -0.384. The topological polar surface area (TPSA) is 93.0 Å². The van der Waals surface area contributed by atoms with Crippen LogP contribution in [0.4, 0.5) is 5.69 Å². The van der Waals surface area contributed by atoms with Crippen molar-refractivity contribution in [2.24, 2.45) is 5.92 Å². The summed E-state index contributed by atoms with van der Waals surface area (Å²) < 4.78 is 5.97. The number of nitro groups is 1. The Labute approximate surface area is 180 Å². The third kappa shape index (κ3) is 4.59. The van der Waals surface area contributed by atoms with Crippen LogP contribution in [0.3, 0.4) is 0 Å². The van der Waals surface area contributed by atoms with Gasteiger partial charge < -0.3 is 14.5 Å². The van der Waals surface area contributed by atoms with Crippen LogP contribution >= 0.6 is 0 Å². The molecule has 2 aliphatic heterocycles. The van der Waals surface area contributed by atoms with E-state index >= 15 is 0 Å². The highest BCUT2D eigenvalue weighted by molar-refractivity contribution is 5.94. The molecular formula is C23H25N3O5. The van der Waals surface area contributed by atoms with Crippen molar-refractivity contribution in [3.05, 3.63) is 75.8 Å². The quantitative estimate of drug-likeness (QED) is 0.557. The summed E-state index contributed by atoms with van der Waals surface area (Å²) in [5.74, 6) is -0.311. The highest BCUT2D eigenvalue weighted by Gasteiger charge is 2.37. The number of hydrogen-bond acceptors (Lipinski definition) is 5. The molecule has 2 amide bonds. The van der Waals surface area contributed by atoms with Gasteiger partial charge in [-0.2, -0.15) is 0 Å². The number of amides is 2. The lowest BCUT2D eigenvalue weighted by atomic mass is 9.88. The van der Waals surface area contributed by atoms with Crippen molar-refractivity contribution in [2.45, 2.75) is 18.9 Å². The second kappa shape index (κ2) is 9.26. The Morgan fingerprint density at radius 3 is 2.23 bits per heavy atom. The van der Waals surface area contributed by atoms with Gasteiger partial charge in [-0.3, -0.25) is 19.7 Å². The minimum atomic E-state index is -0.490. The number of piperazine rings is 1. The molecule has 0 unspecified atom stereocenters. The van der Waals surface area contributed by atoms with Crippen LogP contribution in [0, 0.1) is 16.0 Å². The fraction of sp³-hybridized carbons (Fsp3) is 0.391. The van der Waals surface area contributed by atoms with E-state index in [1.807, 2.05) is 35.2 Å². The number of rotatable bonds is 4. The third-order valence-corrected chi connectivity index (χ3v) is 5.97. The Morgan fingerprint density at radius 1 is 0.935 bits per heavy atom. The molecule has 2 heterocycles. The lowest BCUT2D eigenvalue weighted by Crippen LogP contribution is -2.53. The standard InChI is InChI=1S/C23H25N3O5/c27-22(18-8-10-19(11-9-18)26(29)30)24-12-14-25(15-13-24)23(28)20-7-4-16-31-21(20)17-5-2-1-3-6-17/h1-3,5-6,8-11,20-21H,4,7,12-16H2/t20-,21+/m1/s1. The Balaban J connectivity index is 1.38. The number of non-ortho nitro benzene ring substituents is 1. The average molecular weight is 423 g/mol. The van der Waals surface area contributed by atoms with Crippen molar-refractivity contribution < 1.29 is 19.2 Å². The molecule has 0 aromatic heterocycles. The van der Waals surface area contributed by atoms with E-state index < -0.39 is 4.92 Å². The molecule has 8 nitrogen and oxygen atoms in total. The zero-order valence-electron chi connectivity index (χ0n) is 17.2. The first-order chi connectivity index (χ1) is 15.0. The van der Waals surface area contributed by atoms with Gasteiger partial charge >= 0.3 is 0 Å². The number of nitro benzene ring substituents is 1. The molecule has 4 rings (SSSR count). The molecule has 8 heteroatoms. The molecular weight excluding hydrogens is 398 g/mol. The Bertz CT molecular complexity index is 939. The summed E-state index contributed by atoms with van der Waals surface area (Å²) in [7, 11) is 0. The molecule has 2 atom stereocenters. The van der Waals surface area contributed by atoms with Crippen molar-refractivity contribution in [3.63, 3.8) is 0 Å². The van der Waals surface area contributed by atoms with Gasteiger partial charge in [-0.1, -0.05) is 30.3 Å². The first kappa shape index (κ1) is 21.0. The summed E-state index contributed by atoms with van der Waals surface area (Å²) in [6.45, 7) is 2.46. The molecule has 0 saturated carbocycles. The highest BCUT2D eigenvalue weighted by Crippen LogP contribution is 2.35. The minimum Gasteiger partial charge on any atom is -0.373 e. The summed E-state index contributed by atoms with van der Waals surface area (Å²) in [4.78, 5) is 39.8. The fourth-order valence-electron chi connectivity index (χ4n) is 4.28. The average Bonchev–Trinajstić information content (AvgIpc) is 2.84. The van der Waals surface area contributed by atoms with E-state index in [-0.39, 0.29) is 29.5 Å². The Kier molecular flexibility index (Phi) is 6.27. The predicted molar refractivity (Wildman–Crippen MR) is 113 cm³/mol. The van der Waals surface area contributed by atoms with Crippen LogP contribution in [0.25, 0.3) is 0 Å². The monoisotopic (exact) mass is 423 g/mol. The molecule has 2 aliphatic rings. The van der Waals surface area contributed by atoms with Crippen molar-refractivity contribution in [2.75, 3.05) is 32.8 Å². The summed E-state index contributed by atoms with van der Waals surface area (Å²) in [6, 6.07) is 15.5. The Morgan fingerprint density at radius 2 is 1.58 bits per heavy atom. The van der Waals surface area contributed by atoms with Gasteiger partial charge in [0.15, 0.2) is 0 Å². The molecule has 0 N–H and O–H groups in total. The molecule has 2 saturated heterocycles. The maximum atomic E-state index is 13.3. The summed E-state index contributed by atoms with van der Waals surface area (Å²) in [6.07, 6.45) is 1.42. The van der Waals surface area contributed by atoms with Gasteiger partial charge in [-0.15, -0.1) is 0 Å². The number of ether oxygens (including phenoxy) is 1. The zero-order valence-corrected chi connectivity index (χ0v) is 17.2. The summed E-state index contributed by atoms with van der Waals surface area (Å²) in [5.41, 5.74) is 1.39. The van der Waals surface area contributed by atoms with Crippen LogP contribution < -0.4 is 0 Å². The van der Waals surface area contributed by atoms with E-state index in [1.54, 1.807) is 4.90 Å². The number of carbonyl (C=O) groups excluding carboxylic acids is 2. The van der Waals surface area contributed by atoms with E-state index in [0.29, 0.717) is 38.3 Å². The van der Waals surface area contributed by atoms with Crippen LogP contribution in [-0.4, -0.2) is 59.3 Å². The maximum absolute atomic E-state index is 13.3. The first-order valence-electron chi connectivity index (χ1n) is 10.5. The number of carbonyl (C=O) groups is 2. The van der Waals surface area contributed by atoms with Gasteiger partial charge in [0.2, 0.25) is 5.91 Å². The second-order valence-corrected chi connectivity index (χ2v) is 7.87. The van der Waals surface area contributed by atoms with Crippen LogP contribution in [0.1, 0.15) is 34.9 Å². The summed E-state index contributed by atoms with van der Waals surface area (Å²) in [5, 5.41) is 10.8. The minimum absolute atomic E-state index is 0.0466. The van der Waals surface area contributed by atoms with Crippen LogP contribution in [0.2, 0.25) is 0 Å². The lowest BCUT2D eigenvalue weighted by Gasteiger charge is -2.39. The SMILES string of the molecule is O=C(c1ccc([N+](=O)[O-])cc1)N1CCN(C(=O)[C@@H]2CCCO[C@H]2c2ccccc2)CC1. The Hall–Kier alpha value is -3.26. The largest absolute Gasteiger partial charge is 0.373 e. The number of benzene rings is 2. The highest BCUT2D eigenvalue weighted by atomic mass is 16.6. The fourth-order valence-corrected chi connectivity index (χ4v) is 4.28. The smallest absolute Gasteiger partial charge is 0.269 e. The molecule has 0 aliphatic carbocycles. The molecule has 0 radical (unpaired) electrons. The van der Waals surface area contributed by atoms with Crippen molar-refractivity contribution in [3.8, 4) is 0 Å². The molecule has 0 bridgehead atoms. The number of nitrogens with zero attached hydrogens (tertiary/aromatic N) is 3. The van der Waals surface area contributed by atoms with Gasteiger partial charge in [0.05, 0.1) is 16.9 Å². The van der Waals surface area contributed by atoms with Crippen molar-refractivity contribution in [1.82, 2.24) is 9.80 Å². The number of hydrogen-bond donors (Lipinski definition) is 0. The van der Waals surface area contributed by atoms with E-state index in [1.165, 1.54) is 24.3 Å². The van der Waals surface area contributed by atoms with E-state index in [9.17, 15) is 19.7 Å². The molecule has 2 fully saturated rings. The van der Waals surface area contributed by atoms with Gasteiger partial charge in [-0.05, 0) is 30.5 Å². The molecule has 0 spiro atoms. The maximum Gasteiger partial charge on any atom is 0.269 e. The molecule has 31 heavy (non-hydrogen) atoms. The van der Waals surface area contributed by atoms with E-state index in [4.69, 9.17) is 4.74 Å². The first-order valence-corrected chi connectivity index (χ1v) is 10.5. The van der Waals surface area contributed by atoms with E-state index in [2.05, 4.69) is 0 Å². The van der Waals surface area contributed by atoms with Crippen molar-refractivity contribution >= 4 is 17.5 Å². The normalized spacial score (nSPS) is 21.5. The van der Waals surface area contributed by atoms with Crippen LogP contribution in [0.5, 0.6) is 0 Å². The van der Waals surface area contributed by atoms with Crippen LogP contribution in [-0.2, 0) is 9.53 Å². The zero-order chi connectivity index (χ0) is 21.8. The van der Waals surface area contributed by atoms with E-state index in [0.717, 1.165) is 18.4 Å². The van der Waals surface area contributed by atoms with Gasteiger partial charge in [0.1, 0.15) is 0 Å². The van der Waals surface area contributed by atoms with Gasteiger partial charge in [0.25, 0.3) is 11.6 Å². The third-order valence-electron chi connectivity index (χ3n) is 5.97. The summed E-state index contributed by atoms with van der Waals surface area (Å²) >= 11 is 0.